The van der Waals surface area contributed by atoms with Gasteiger partial charge in [-0.25, -0.2) is 0 Å². The molecule has 1 aliphatic carbocycles. The van der Waals surface area contributed by atoms with Crippen molar-refractivity contribution in [1.29, 1.82) is 0 Å². The van der Waals surface area contributed by atoms with Crippen LogP contribution in [0.2, 0.25) is 18.7 Å². The fraction of sp³-hybridized carbons (Fsp3) is 1.00. The second-order valence-electron chi connectivity index (χ2n) is 4.51. The van der Waals surface area contributed by atoms with Crippen LogP contribution in [-0.4, -0.2) is 18.4 Å². The zero-order chi connectivity index (χ0) is 9.69. The van der Waals surface area contributed by atoms with Crippen LogP contribution in [0.3, 0.4) is 0 Å². The van der Waals surface area contributed by atoms with Gasteiger partial charge in [-0.3, -0.25) is 0 Å². The molecule has 0 aromatic heterocycles. The second-order valence-corrected chi connectivity index (χ2v) is 15.8. The predicted molar refractivity (Wildman–Crippen MR) is 47.9 cm³/mol. The van der Waals surface area contributed by atoms with Gasteiger partial charge < -0.3 is 0 Å². The Morgan fingerprint density at radius 2 is 1.90 bits per heavy atom. The van der Waals surface area contributed by atoms with Gasteiger partial charge in [-0.05, 0) is 0 Å². The Morgan fingerprint density at radius 1 is 1.30 bits per heavy atom. The number of rotatable bonds is 0. The molecule has 1 saturated carbocycles. The summed E-state index contributed by atoms with van der Waals surface area (Å²) >= 11 is -2.68. The molecule has 2 aliphatic rings. The third-order valence-corrected chi connectivity index (χ3v) is 11.6. The van der Waals surface area contributed by atoms with Crippen LogP contribution in [0.15, 0.2) is 0 Å². The second kappa shape index (κ2) is 2.39. The van der Waals surface area contributed by atoms with Gasteiger partial charge in [-0.1, -0.05) is 0 Å². The van der Waals surface area contributed by atoms with Gasteiger partial charge in [0.1, 0.15) is 0 Å². The first-order valence-corrected chi connectivity index (χ1v) is 12.7. The third kappa shape index (κ3) is 1.37. The molecular weight excluding hydrogens is 227 g/mol. The molecule has 2 bridgehead atoms. The minimum atomic E-state index is -2.68. The van der Waals surface area contributed by atoms with Gasteiger partial charge in [0.05, 0.1) is 0 Å². The van der Waals surface area contributed by atoms with E-state index in [1.807, 2.05) is 0 Å². The van der Waals surface area contributed by atoms with Crippen LogP contribution >= 0.6 is 0 Å². The predicted octanol–water partition coefficient (Wildman–Crippen LogP) is 3.12. The van der Waals surface area contributed by atoms with E-state index < -0.39 is 23.2 Å². The van der Waals surface area contributed by atoms with Crippen LogP contribution in [0.25, 0.3) is 0 Å². The van der Waals surface area contributed by atoms with Crippen molar-refractivity contribution in [3.63, 3.8) is 0 Å². The summed E-state index contributed by atoms with van der Waals surface area (Å²) in [5.41, 5.74) is 0. The van der Waals surface area contributed by atoms with Crippen molar-refractivity contribution in [3.05, 3.63) is 0 Å². The third-order valence-electron chi connectivity index (χ3n) is 3.13. The molecule has 1 saturated heterocycles. The van der Waals surface area contributed by atoms with Gasteiger partial charge in [-0.15, -0.1) is 0 Å². The molecular formula is C9H18Sn. The van der Waals surface area contributed by atoms with Gasteiger partial charge in [0.15, 0.2) is 0 Å². The zero-order valence-electron chi connectivity index (χ0n) is 9.69. The summed E-state index contributed by atoms with van der Waals surface area (Å²) in [6.45, 7) is 0. The van der Waals surface area contributed by atoms with Crippen molar-refractivity contribution in [3.8, 4) is 0 Å². The summed E-state index contributed by atoms with van der Waals surface area (Å²) in [5, 5.41) is 0. The van der Waals surface area contributed by atoms with E-state index in [1.165, 1.54) is 19.3 Å². The Kier molecular flexibility index (Phi) is 1.13. The molecule has 2 unspecified atom stereocenters. The summed E-state index contributed by atoms with van der Waals surface area (Å²) in [7, 11) is 0. The summed E-state index contributed by atoms with van der Waals surface area (Å²) in [6.07, 6.45) is 4.00. The van der Waals surface area contributed by atoms with Crippen molar-refractivity contribution in [2.75, 3.05) is 0 Å². The van der Waals surface area contributed by atoms with E-state index >= 15 is 0 Å². The molecule has 0 aromatic rings. The van der Waals surface area contributed by atoms with E-state index in [9.17, 15) is 0 Å². The summed E-state index contributed by atoms with van der Waals surface area (Å²) < 4.78 is 25.3. The molecule has 0 amide bonds. The zero-order valence-corrected chi connectivity index (χ0v) is 9.54. The summed E-state index contributed by atoms with van der Waals surface area (Å²) in [6, 6.07) is 0. The molecule has 1 aliphatic heterocycles. The summed E-state index contributed by atoms with van der Waals surface area (Å²) in [4.78, 5) is 0.641. The maximum atomic E-state index is 7.66. The van der Waals surface area contributed by atoms with E-state index in [2.05, 4.69) is 4.94 Å². The number of fused-ring (bicyclic) bond motifs is 2. The van der Waals surface area contributed by atoms with Crippen molar-refractivity contribution >= 4 is 18.4 Å². The van der Waals surface area contributed by atoms with Gasteiger partial charge in [-0.2, -0.15) is 0 Å². The van der Waals surface area contributed by atoms with Gasteiger partial charge >= 0.3 is 72.3 Å². The van der Waals surface area contributed by atoms with Gasteiger partial charge in [0, 0.05) is 0 Å². The average Bonchev–Trinajstić information content (AvgIpc) is 2.28. The Balaban J connectivity index is 2.17. The maximum absolute atomic E-state index is 7.66. The first-order valence-electron chi connectivity index (χ1n) is 5.91. The van der Waals surface area contributed by atoms with Crippen molar-refractivity contribution in [1.82, 2.24) is 0 Å². The van der Waals surface area contributed by atoms with Crippen LogP contribution in [0.5, 0.6) is 0 Å². The quantitative estimate of drug-likeness (QED) is 0.577. The normalized spacial score (nSPS) is 59.1. The van der Waals surface area contributed by atoms with Crippen molar-refractivity contribution in [2.24, 2.45) is 11.8 Å². The number of hydrogen-bond donors (Lipinski definition) is 0. The minimum absolute atomic E-state index is 0.806. The van der Waals surface area contributed by atoms with Crippen LogP contribution < -0.4 is 0 Å². The molecule has 58 valence electrons. The van der Waals surface area contributed by atoms with Crippen LogP contribution in [0.4, 0.5) is 0 Å². The first kappa shape index (κ1) is 4.73. The van der Waals surface area contributed by atoms with Crippen molar-refractivity contribution in [2.45, 2.75) is 37.9 Å². The van der Waals surface area contributed by atoms with Crippen LogP contribution in [0.1, 0.15) is 23.4 Å². The first-order chi connectivity index (χ1) is 5.91. The van der Waals surface area contributed by atoms with E-state index in [-0.39, 0.29) is 0 Å². The Hall–Kier alpha value is 0.799. The van der Waals surface area contributed by atoms with E-state index in [0.29, 0.717) is 0 Å². The SMILES string of the molecule is [2H][C]([2H])([2H])[Sn]1([CH3])[CH2]C2CCC(C2)[CH2]1. The Labute approximate surface area is 72.5 Å². The molecule has 0 radical (unpaired) electrons. The molecule has 0 aromatic carbocycles. The molecule has 0 N–H and O–H groups in total. The van der Waals surface area contributed by atoms with Crippen molar-refractivity contribution < 1.29 is 4.11 Å². The Bertz CT molecular complexity index is 199. The van der Waals surface area contributed by atoms with E-state index in [1.54, 1.807) is 0 Å². The fourth-order valence-electron chi connectivity index (χ4n) is 2.91. The van der Waals surface area contributed by atoms with Gasteiger partial charge in [0.25, 0.3) is 0 Å². The van der Waals surface area contributed by atoms with Gasteiger partial charge in [0.2, 0.25) is 0 Å². The molecule has 2 fully saturated rings. The molecule has 2 atom stereocenters. The van der Waals surface area contributed by atoms with E-state index in [4.69, 9.17) is 4.11 Å². The standard InChI is InChI=1S/C7H12.2CH3.Sn/c1-6-3-4-7(2)5-6;;;/h6-7H,1-5H2;2*1H3;/i;1D3;;. The van der Waals surface area contributed by atoms with Crippen LogP contribution in [0, 0.1) is 11.8 Å². The molecule has 0 spiro atoms. The molecule has 10 heavy (non-hydrogen) atoms. The molecule has 1 heteroatoms. The monoisotopic (exact) mass is 249 g/mol. The van der Waals surface area contributed by atoms with E-state index in [0.717, 1.165) is 20.7 Å². The number of hydrogen-bond acceptors (Lipinski definition) is 0. The topological polar surface area (TPSA) is 0 Å². The average molecular weight is 248 g/mol. The van der Waals surface area contributed by atoms with Crippen LogP contribution in [-0.2, 0) is 0 Å². The molecule has 1 heterocycles. The molecule has 2 rings (SSSR count). The Morgan fingerprint density at radius 3 is 2.40 bits per heavy atom. The molecule has 0 nitrogen and oxygen atoms in total. The fourth-order valence-corrected chi connectivity index (χ4v) is 12.8. The summed E-state index contributed by atoms with van der Waals surface area (Å²) in [5.74, 6) is 1.61.